The quantitative estimate of drug-likeness (QED) is 0.711. The first-order valence-electron chi connectivity index (χ1n) is 7.05. The third-order valence-electron chi connectivity index (χ3n) is 3.47. The predicted molar refractivity (Wildman–Crippen MR) is 86.0 cm³/mol. The van der Waals surface area contributed by atoms with Crippen LogP contribution in [0.25, 0.3) is 11.3 Å². The Balaban J connectivity index is 2.05. The van der Waals surface area contributed by atoms with Crippen molar-refractivity contribution in [2.24, 2.45) is 0 Å². The van der Waals surface area contributed by atoms with Crippen LogP contribution >= 0.6 is 11.6 Å². The van der Waals surface area contributed by atoms with Crippen molar-refractivity contribution in [1.29, 1.82) is 0 Å². The second-order valence-electron chi connectivity index (χ2n) is 5.14. The fourth-order valence-corrected chi connectivity index (χ4v) is 2.56. The van der Waals surface area contributed by atoms with Crippen LogP contribution in [0.1, 0.15) is 16.1 Å². The predicted octanol–water partition coefficient (Wildman–Crippen LogP) is 4.97. The molecule has 0 aliphatic carbocycles. The van der Waals surface area contributed by atoms with Crippen LogP contribution < -0.4 is 5.32 Å². The minimum absolute atomic E-state index is 0.0271. The molecule has 0 radical (unpaired) electrons. The number of hydrogen-bond acceptors (Lipinski definition) is 3. The lowest BCUT2D eigenvalue weighted by Gasteiger charge is -2.08. The maximum Gasteiger partial charge on any atom is 0.261 e. The van der Waals surface area contributed by atoms with Gasteiger partial charge in [-0.2, -0.15) is 0 Å². The number of carbonyl (C=O) groups is 1. The molecule has 0 saturated carbocycles. The average Bonchev–Trinajstić information content (AvgIpc) is 2.92. The molecule has 1 N–H and O–H groups in total. The molecular weight excluding hydrogens is 357 g/mol. The van der Waals surface area contributed by atoms with Gasteiger partial charge in [0, 0.05) is 6.07 Å². The van der Waals surface area contributed by atoms with E-state index >= 15 is 0 Å². The van der Waals surface area contributed by atoms with E-state index in [1.807, 2.05) is 0 Å². The molecule has 0 aliphatic heterocycles. The number of hydrogen-bond donors (Lipinski definition) is 1. The number of amides is 1. The van der Waals surface area contributed by atoms with Crippen LogP contribution in [0.3, 0.4) is 0 Å². The minimum atomic E-state index is -0.836. The van der Waals surface area contributed by atoms with Crippen molar-refractivity contribution in [3.05, 3.63) is 70.2 Å². The zero-order chi connectivity index (χ0) is 18.1. The summed E-state index contributed by atoms with van der Waals surface area (Å²) in [6.07, 6.45) is 0. The molecule has 4 nitrogen and oxygen atoms in total. The Morgan fingerprint density at radius 3 is 2.64 bits per heavy atom. The molecule has 2 aromatic carbocycles. The van der Waals surface area contributed by atoms with Gasteiger partial charge in [0.2, 0.25) is 0 Å². The van der Waals surface area contributed by atoms with E-state index in [4.69, 9.17) is 16.1 Å². The fourth-order valence-electron chi connectivity index (χ4n) is 2.31. The van der Waals surface area contributed by atoms with Crippen LogP contribution in [-0.2, 0) is 0 Å². The number of carbonyl (C=O) groups excluding carboxylic acids is 1. The standard InChI is InChI=1S/C17H10ClF3N2O2/c1-8-14(17(24)22-13-7-9(19)5-6-11(13)20)16(23-25-8)15-10(18)3-2-4-12(15)21/h2-7H,1H3,(H,22,24). The SMILES string of the molecule is Cc1onc(-c2c(F)cccc2Cl)c1C(=O)Nc1cc(F)ccc1F. The van der Waals surface area contributed by atoms with Crippen molar-refractivity contribution in [1.82, 2.24) is 5.16 Å². The third kappa shape index (κ3) is 3.23. The van der Waals surface area contributed by atoms with Gasteiger partial charge >= 0.3 is 0 Å². The van der Waals surface area contributed by atoms with E-state index in [1.54, 1.807) is 0 Å². The summed E-state index contributed by atoms with van der Waals surface area (Å²) in [5, 5.41) is 5.93. The molecule has 8 heteroatoms. The van der Waals surface area contributed by atoms with Gasteiger partial charge in [-0.1, -0.05) is 22.8 Å². The van der Waals surface area contributed by atoms with Gasteiger partial charge in [0.25, 0.3) is 5.91 Å². The van der Waals surface area contributed by atoms with Crippen LogP contribution in [0.4, 0.5) is 18.9 Å². The van der Waals surface area contributed by atoms with E-state index in [1.165, 1.54) is 19.1 Å². The lowest BCUT2D eigenvalue weighted by atomic mass is 10.0. The second kappa shape index (κ2) is 6.60. The first-order chi connectivity index (χ1) is 11.9. The molecule has 128 valence electrons. The molecule has 0 unspecified atom stereocenters. The highest BCUT2D eigenvalue weighted by Crippen LogP contribution is 2.33. The largest absolute Gasteiger partial charge is 0.360 e. The summed E-state index contributed by atoms with van der Waals surface area (Å²) in [6.45, 7) is 1.43. The highest BCUT2D eigenvalue weighted by Gasteiger charge is 2.26. The zero-order valence-electron chi connectivity index (χ0n) is 12.7. The Hall–Kier alpha value is -2.80. The molecule has 1 amide bonds. The van der Waals surface area contributed by atoms with Gasteiger partial charge in [-0.3, -0.25) is 4.79 Å². The molecule has 25 heavy (non-hydrogen) atoms. The first kappa shape index (κ1) is 17.0. The number of halogens is 4. The fraction of sp³-hybridized carbons (Fsp3) is 0.0588. The van der Waals surface area contributed by atoms with E-state index in [0.717, 1.165) is 24.3 Å². The number of nitrogens with one attached hydrogen (secondary N) is 1. The Morgan fingerprint density at radius 2 is 1.92 bits per heavy atom. The summed E-state index contributed by atoms with van der Waals surface area (Å²) in [4.78, 5) is 12.5. The molecule has 0 atom stereocenters. The molecule has 0 spiro atoms. The van der Waals surface area contributed by atoms with Crippen molar-refractivity contribution in [2.45, 2.75) is 6.92 Å². The number of aromatic nitrogens is 1. The highest BCUT2D eigenvalue weighted by atomic mass is 35.5. The number of aryl methyl sites for hydroxylation is 1. The van der Waals surface area contributed by atoms with Crippen LogP contribution in [0, 0.1) is 24.4 Å². The molecular formula is C17H10ClF3N2O2. The van der Waals surface area contributed by atoms with Crippen LogP contribution in [0.15, 0.2) is 40.9 Å². The monoisotopic (exact) mass is 366 g/mol. The molecule has 1 heterocycles. The van der Waals surface area contributed by atoms with Crippen molar-refractivity contribution < 1.29 is 22.5 Å². The summed E-state index contributed by atoms with van der Waals surface area (Å²) in [5.41, 5.74) is -0.743. The average molecular weight is 367 g/mol. The topological polar surface area (TPSA) is 55.1 Å². The number of nitrogens with zero attached hydrogens (tertiary/aromatic N) is 1. The van der Waals surface area contributed by atoms with E-state index < -0.39 is 23.4 Å². The van der Waals surface area contributed by atoms with Gasteiger partial charge in [-0.25, -0.2) is 13.2 Å². The van der Waals surface area contributed by atoms with Crippen LogP contribution in [0.5, 0.6) is 0 Å². The minimum Gasteiger partial charge on any atom is -0.360 e. The molecule has 0 aliphatic rings. The Kier molecular flexibility index (Phi) is 4.50. The molecule has 3 rings (SSSR count). The van der Waals surface area contributed by atoms with Crippen LogP contribution in [0.2, 0.25) is 5.02 Å². The third-order valence-corrected chi connectivity index (χ3v) is 3.78. The number of benzene rings is 2. The summed E-state index contributed by atoms with van der Waals surface area (Å²) < 4.78 is 46.1. The number of anilines is 1. The van der Waals surface area contributed by atoms with Crippen molar-refractivity contribution >= 4 is 23.2 Å². The lowest BCUT2D eigenvalue weighted by molar-refractivity contribution is 0.102. The zero-order valence-corrected chi connectivity index (χ0v) is 13.5. The van der Waals surface area contributed by atoms with Crippen LogP contribution in [-0.4, -0.2) is 11.1 Å². The smallest absolute Gasteiger partial charge is 0.261 e. The Bertz CT molecular complexity index is 952. The molecule has 1 aromatic heterocycles. The van der Waals surface area contributed by atoms with Gasteiger partial charge < -0.3 is 9.84 Å². The van der Waals surface area contributed by atoms with Gasteiger partial charge in [0.1, 0.15) is 34.5 Å². The summed E-state index contributed by atoms with van der Waals surface area (Å²) in [7, 11) is 0. The highest BCUT2D eigenvalue weighted by molar-refractivity contribution is 6.33. The van der Waals surface area contributed by atoms with Gasteiger partial charge in [0.05, 0.1) is 16.3 Å². The lowest BCUT2D eigenvalue weighted by Crippen LogP contribution is -2.15. The molecule has 0 bridgehead atoms. The molecule has 0 fully saturated rings. The maximum absolute atomic E-state index is 14.1. The van der Waals surface area contributed by atoms with Crippen molar-refractivity contribution in [3.8, 4) is 11.3 Å². The van der Waals surface area contributed by atoms with E-state index in [-0.39, 0.29) is 33.3 Å². The Labute approximate surface area is 145 Å². The van der Waals surface area contributed by atoms with E-state index in [0.29, 0.717) is 0 Å². The van der Waals surface area contributed by atoms with Gasteiger partial charge in [0.15, 0.2) is 0 Å². The van der Waals surface area contributed by atoms with Gasteiger partial charge in [-0.15, -0.1) is 0 Å². The first-order valence-corrected chi connectivity index (χ1v) is 7.43. The Morgan fingerprint density at radius 1 is 1.16 bits per heavy atom. The summed E-state index contributed by atoms with van der Waals surface area (Å²) in [6, 6.07) is 6.60. The van der Waals surface area contributed by atoms with Gasteiger partial charge in [-0.05, 0) is 31.2 Å². The van der Waals surface area contributed by atoms with Crippen molar-refractivity contribution in [3.63, 3.8) is 0 Å². The second-order valence-corrected chi connectivity index (χ2v) is 5.54. The van der Waals surface area contributed by atoms with Crippen molar-refractivity contribution in [2.75, 3.05) is 5.32 Å². The summed E-state index contributed by atoms with van der Waals surface area (Å²) in [5.74, 6) is -3.02. The van der Waals surface area contributed by atoms with E-state index in [9.17, 15) is 18.0 Å². The normalized spacial score (nSPS) is 10.8. The molecule has 3 aromatic rings. The molecule has 0 saturated heterocycles. The number of rotatable bonds is 3. The van der Waals surface area contributed by atoms with E-state index in [2.05, 4.69) is 10.5 Å². The summed E-state index contributed by atoms with van der Waals surface area (Å²) >= 11 is 5.99. The maximum atomic E-state index is 14.1.